The molecule has 0 aliphatic carbocycles. The molecule has 3 heteroatoms. The van der Waals surface area contributed by atoms with Gasteiger partial charge in [-0.15, -0.1) is 0 Å². The highest BCUT2D eigenvalue weighted by Gasteiger charge is 2.26. The third-order valence-electron chi connectivity index (χ3n) is 2.61. The van der Waals surface area contributed by atoms with Gasteiger partial charge in [-0.25, -0.2) is 4.79 Å². The predicted molar refractivity (Wildman–Crippen MR) is 65.8 cm³/mol. The number of rotatable bonds is 0. The van der Waals surface area contributed by atoms with E-state index in [9.17, 15) is 4.79 Å². The zero-order chi connectivity index (χ0) is 11.8. The summed E-state index contributed by atoms with van der Waals surface area (Å²) in [4.78, 5) is 13.9. The summed E-state index contributed by atoms with van der Waals surface area (Å²) < 4.78 is 0. The maximum Gasteiger partial charge on any atom is 0.322 e. The van der Waals surface area contributed by atoms with Crippen LogP contribution in [0.25, 0.3) is 0 Å². The molecule has 0 spiro atoms. The number of carbonyl (C=O) groups is 1. The minimum absolute atomic E-state index is 0.00236. The second-order valence-corrected chi connectivity index (χ2v) is 5.21. The van der Waals surface area contributed by atoms with Gasteiger partial charge in [0.15, 0.2) is 0 Å². The first kappa shape index (κ1) is 11.0. The first-order valence-corrected chi connectivity index (χ1v) is 5.65. The molecule has 1 aliphatic heterocycles. The van der Waals surface area contributed by atoms with Crippen molar-refractivity contribution in [2.75, 3.05) is 11.4 Å². The highest BCUT2D eigenvalue weighted by atomic mass is 16.2. The topological polar surface area (TPSA) is 32.3 Å². The van der Waals surface area contributed by atoms with Gasteiger partial charge >= 0.3 is 6.03 Å². The molecule has 0 saturated heterocycles. The average molecular weight is 218 g/mol. The van der Waals surface area contributed by atoms with E-state index in [0.717, 1.165) is 18.7 Å². The van der Waals surface area contributed by atoms with Crippen LogP contribution in [0.1, 0.15) is 26.3 Å². The number of benzene rings is 1. The lowest BCUT2D eigenvalue weighted by Crippen LogP contribution is -2.48. The molecule has 0 bridgehead atoms. The van der Waals surface area contributed by atoms with Gasteiger partial charge in [0.25, 0.3) is 0 Å². The molecule has 1 aromatic carbocycles. The molecular weight excluding hydrogens is 200 g/mol. The number of anilines is 1. The molecule has 0 radical (unpaired) electrons. The molecule has 0 saturated carbocycles. The van der Waals surface area contributed by atoms with E-state index in [-0.39, 0.29) is 11.6 Å². The monoisotopic (exact) mass is 218 g/mol. The number of fused-ring (bicyclic) bond motifs is 1. The van der Waals surface area contributed by atoms with Crippen LogP contribution in [-0.2, 0) is 6.42 Å². The zero-order valence-electron chi connectivity index (χ0n) is 10.1. The first-order chi connectivity index (χ1) is 7.47. The summed E-state index contributed by atoms with van der Waals surface area (Å²) >= 11 is 0. The van der Waals surface area contributed by atoms with Gasteiger partial charge < -0.3 is 5.32 Å². The van der Waals surface area contributed by atoms with Crippen LogP contribution in [0.15, 0.2) is 24.3 Å². The number of nitrogens with one attached hydrogen (secondary N) is 1. The molecule has 16 heavy (non-hydrogen) atoms. The molecule has 0 fully saturated rings. The van der Waals surface area contributed by atoms with Crippen LogP contribution in [0.4, 0.5) is 10.5 Å². The SMILES string of the molecule is CC(C)(C)NC(=O)N1CCc2ccccc21. The van der Waals surface area contributed by atoms with Crippen molar-refractivity contribution in [1.29, 1.82) is 0 Å². The van der Waals surface area contributed by atoms with Gasteiger partial charge in [0.1, 0.15) is 0 Å². The number of hydrogen-bond donors (Lipinski definition) is 1. The molecule has 1 heterocycles. The number of carbonyl (C=O) groups excluding carboxylic acids is 1. The molecular formula is C13H18N2O. The van der Waals surface area contributed by atoms with Gasteiger partial charge in [-0.1, -0.05) is 18.2 Å². The minimum atomic E-state index is -0.186. The van der Waals surface area contributed by atoms with Crippen molar-refractivity contribution in [3.63, 3.8) is 0 Å². The van der Waals surface area contributed by atoms with Gasteiger partial charge in [-0.05, 0) is 38.8 Å². The van der Waals surface area contributed by atoms with Gasteiger partial charge in [0.05, 0.1) is 0 Å². The number of amides is 2. The smallest absolute Gasteiger partial charge is 0.322 e. The third kappa shape index (κ3) is 2.18. The zero-order valence-corrected chi connectivity index (χ0v) is 10.1. The highest BCUT2D eigenvalue weighted by molar-refractivity contribution is 5.94. The molecule has 0 atom stereocenters. The van der Waals surface area contributed by atoms with Gasteiger partial charge in [0.2, 0.25) is 0 Å². The highest BCUT2D eigenvalue weighted by Crippen LogP contribution is 2.27. The normalized spacial score (nSPS) is 14.8. The van der Waals surface area contributed by atoms with Crippen molar-refractivity contribution in [2.24, 2.45) is 0 Å². The summed E-state index contributed by atoms with van der Waals surface area (Å²) in [7, 11) is 0. The summed E-state index contributed by atoms with van der Waals surface area (Å²) in [5, 5.41) is 2.99. The summed E-state index contributed by atoms with van der Waals surface area (Å²) in [6.07, 6.45) is 0.952. The standard InChI is InChI=1S/C13H18N2O/c1-13(2,3)14-12(16)15-9-8-10-6-4-5-7-11(10)15/h4-7H,8-9H2,1-3H3,(H,14,16). The van der Waals surface area contributed by atoms with E-state index < -0.39 is 0 Å². The van der Waals surface area contributed by atoms with E-state index in [2.05, 4.69) is 11.4 Å². The van der Waals surface area contributed by atoms with E-state index in [1.807, 2.05) is 43.9 Å². The maximum absolute atomic E-state index is 12.0. The summed E-state index contributed by atoms with van der Waals surface area (Å²) in [6.45, 7) is 6.76. The van der Waals surface area contributed by atoms with Gasteiger partial charge in [-0.3, -0.25) is 4.90 Å². The molecule has 1 N–H and O–H groups in total. The summed E-state index contributed by atoms with van der Waals surface area (Å²) in [5.41, 5.74) is 2.12. The molecule has 1 aromatic rings. The fraction of sp³-hybridized carbons (Fsp3) is 0.462. The lowest BCUT2D eigenvalue weighted by atomic mass is 10.1. The Morgan fingerprint density at radius 3 is 2.69 bits per heavy atom. The fourth-order valence-corrected chi connectivity index (χ4v) is 1.94. The maximum atomic E-state index is 12.0. The molecule has 2 rings (SSSR count). The lowest BCUT2D eigenvalue weighted by molar-refractivity contribution is 0.238. The van der Waals surface area contributed by atoms with Gasteiger partial charge in [-0.2, -0.15) is 0 Å². The molecule has 1 aliphatic rings. The number of urea groups is 1. The Hall–Kier alpha value is -1.51. The Morgan fingerprint density at radius 1 is 1.31 bits per heavy atom. The molecule has 2 amide bonds. The Bertz CT molecular complexity index is 407. The van der Waals surface area contributed by atoms with Crippen LogP contribution < -0.4 is 10.2 Å². The second kappa shape index (κ2) is 3.81. The van der Waals surface area contributed by atoms with E-state index in [4.69, 9.17) is 0 Å². The Morgan fingerprint density at radius 2 is 2.00 bits per heavy atom. The van der Waals surface area contributed by atoms with Crippen molar-refractivity contribution in [1.82, 2.24) is 5.32 Å². The van der Waals surface area contributed by atoms with Crippen molar-refractivity contribution < 1.29 is 4.79 Å². The molecule has 3 nitrogen and oxygen atoms in total. The minimum Gasteiger partial charge on any atom is -0.333 e. The quantitative estimate of drug-likeness (QED) is 0.713. The number of nitrogens with zero attached hydrogens (tertiary/aromatic N) is 1. The number of para-hydroxylation sites is 1. The first-order valence-electron chi connectivity index (χ1n) is 5.65. The molecule has 86 valence electrons. The van der Waals surface area contributed by atoms with Crippen molar-refractivity contribution in [3.8, 4) is 0 Å². The van der Waals surface area contributed by atoms with Crippen molar-refractivity contribution >= 4 is 11.7 Å². The Kier molecular flexibility index (Phi) is 2.62. The van der Waals surface area contributed by atoms with Crippen LogP contribution in [-0.4, -0.2) is 18.1 Å². The largest absolute Gasteiger partial charge is 0.333 e. The van der Waals surface area contributed by atoms with Crippen LogP contribution >= 0.6 is 0 Å². The van der Waals surface area contributed by atoms with Crippen LogP contribution in [0, 0.1) is 0 Å². The second-order valence-electron chi connectivity index (χ2n) is 5.21. The van der Waals surface area contributed by atoms with Crippen LogP contribution in [0.2, 0.25) is 0 Å². The van der Waals surface area contributed by atoms with Gasteiger partial charge in [0, 0.05) is 17.8 Å². The van der Waals surface area contributed by atoms with Crippen molar-refractivity contribution in [2.45, 2.75) is 32.7 Å². The van der Waals surface area contributed by atoms with Crippen LogP contribution in [0.3, 0.4) is 0 Å². The molecule has 0 aromatic heterocycles. The molecule has 0 unspecified atom stereocenters. The van der Waals surface area contributed by atoms with E-state index in [0.29, 0.717) is 0 Å². The average Bonchev–Trinajstić information content (AvgIpc) is 2.58. The predicted octanol–water partition coefficient (Wildman–Crippen LogP) is 2.56. The summed E-state index contributed by atoms with van der Waals surface area (Å²) in [5.74, 6) is 0. The van der Waals surface area contributed by atoms with Crippen LogP contribution in [0.5, 0.6) is 0 Å². The Balaban J connectivity index is 2.16. The van der Waals surface area contributed by atoms with E-state index in [1.54, 1.807) is 0 Å². The fourth-order valence-electron chi connectivity index (χ4n) is 1.94. The Labute approximate surface area is 96.5 Å². The van der Waals surface area contributed by atoms with E-state index in [1.165, 1.54) is 5.56 Å². The summed E-state index contributed by atoms with van der Waals surface area (Å²) in [6, 6.07) is 8.08. The van der Waals surface area contributed by atoms with Crippen molar-refractivity contribution in [3.05, 3.63) is 29.8 Å². The third-order valence-corrected chi connectivity index (χ3v) is 2.61. The van der Waals surface area contributed by atoms with E-state index >= 15 is 0 Å². The lowest BCUT2D eigenvalue weighted by Gasteiger charge is -2.25. The number of hydrogen-bond acceptors (Lipinski definition) is 1.